The Morgan fingerprint density at radius 3 is 2.08 bits per heavy atom. The second-order valence-electron chi connectivity index (χ2n) is 7.49. The number of sulfone groups is 1. The minimum absolute atomic E-state index is 0.0737. The van der Waals surface area contributed by atoms with Gasteiger partial charge in [-0.05, 0) is 35.4 Å². The molecule has 3 aromatic rings. The number of benzene rings is 3. The Morgan fingerprint density at radius 2 is 1.53 bits per heavy atom. The van der Waals surface area contributed by atoms with E-state index in [0.717, 1.165) is 6.07 Å². The third-order valence-electron chi connectivity index (χ3n) is 5.37. The Kier molecular flexibility index (Phi) is 8.05. The molecule has 3 rings (SSSR count). The predicted molar refractivity (Wildman–Crippen MR) is 134 cm³/mol. The first kappa shape index (κ1) is 26.4. The van der Waals surface area contributed by atoms with Crippen LogP contribution in [0.25, 0.3) is 12.2 Å². The zero-order valence-corrected chi connectivity index (χ0v) is 20.9. The fourth-order valence-electron chi connectivity index (χ4n) is 3.55. The molecule has 10 nitrogen and oxygen atoms in total. The normalized spacial score (nSPS) is 11.3. The summed E-state index contributed by atoms with van der Waals surface area (Å²) in [7, 11) is 1.75. The van der Waals surface area contributed by atoms with Crippen molar-refractivity contribution >= 4 is 27.7 Å². The lowest BCUT2D eigenvalue weighted by Gasteiger charge is -2.14. The van der Waals surface area contributed by atoms with Gasteiger partial charge in [0, 0.05) is 17.7 Å². The molecule has 0 spiro atoms. The Labute approximate surface area is 208 Å². The first-order chi connectivity index (χ1) is 17.1. The molecule has 36 heavy (non-hydrogen) atoms. The molecule has 190 valence electrons. The third kappa shape index (κ3) is 5.52. The molecule has 1 N–H and O–H groups in total. The van der Waals surface area contributed by atoms with Gasteiger partial charge in [0.25, 0.3) is 5.69 Å². The monoisotopic (exact) mass is 515 g/mol. The summed E-state index contributed by atoms with van der Waals surface area (Å²) in [5.41, 5.74) is 0.779. The molecule has 0 bridgehead atoms. The molecule has 0 heterocycles. The van der Waals surface area contributed by atoms with E-state index in [0.29, 0.717) is 28.4 Å². The lowest BCUT2D eigenvalue weighted by atomic mass is 10.0. The van der Waals surface area contributed by atoms with E-state index in [1.54, 1.807) is 30.4 Å². The zero-order valence-electron chi connectivity index (χ0n) is 20.0. The van der Waals surface area contributed by atoms with Crippen molar-refractivity contribution in [2.75, 3.05) is 28.4 Å². The molecule has 0 amide bonds. The van der Waals surface area contributed by atoms with Crippen LogP contribution in [0, 0.1) is 10.1 Å². The highest BCUT2D eigenvalue weighted by atomic mass is 32.2. The largest absolute Gasteiger partial charge is 0.504 e. The summed E-state index contributed by atoms with van der Waals surface area (Å²) in [6.07, 6.45) is 3.31. The van der Waals surface area contributed by atoms with Gasteiger partial charge in [-0.2, -0.15) is 0 Å². The van der Waals surface area contributed by atoms with E-state index in [4.69, 9.17) is 18.9 Å². The predicted octanol–water partition coefficient (Wildman–Crippen LogP) is 4.48. The maximum atomic E-state index is 13.1. The number of nitro benzene ring substituents is 1. The summed E-state index contributed by atoms with van der Waals surface area (Å²) in [5, 5.41) is 21.9. The molecule has 0 unspecified atom stereocenters. The van der Waals surface area contributed by atoms with Gasteiger partial charge < -0.3 is 24.1 Å². The number of phenols is 1. The fourth-order valence-corrected chi connectivity index (χ4v) is 4.99. The van der Waals surface area contributed by atoms with Gasteiger partial charge in [0.15, 0.2) is 32.8 Å². The molecule has 0 saturated carbocycles. The third-order valence-corrected chi connectivity index (χ3v) is 7.01. The van der Waals surface area contributed by atoms with E-state index in [2.05, 4.69) is 0 Å². The lowest BCUT2D eigenvalue weighted by molar-refractivity contribution is -0.385. The molecule has 0 aliphatic carbocycles. The minimum atomic E-state index is -4.06. The topological polar surface area (TPSA) is 134 Å². The number of ether oxygens (including phenoxy) is 4. The summed E-state index contributed by atoms with van der Waals surface area (Å²) in [5.74, 6) is 0.405. The number of aromatic hydroxyl groups is 1. The highest BCUT2D eigenvalue weighted by Gasteiger charge is 2.23. The summed E-state index contributed by atoms with van der Waals surface area (Å²) < 4.78 is 47.5. The second kappa shape index (κ2) is 11.0. The summed E-state index contributed by atoms with van der Waals surface area (Å²) in [6.45, 7) is 0. The van der Waals surface area contributed by atoms with Gasteiger partial charge in [0.1, 0.15) is 0 Å². The number of nitro groups is 1. The van der Waals surface area contributed by atoms with E-state index >= 15 is 0 Å². The zero-order chi connectivity index (χ0) is 26.5. The molecule has 3 aromatic carbocycles. The first-order valence-corrected chi connectivity index (χ1v) is 12.1. The van der Waals surface area contributed by atoms with Crippen LogP contribution in [0.4, 0.5) is 5.69 Å². The Hall–Kier alpha value is -4.25. The van der Waals surface area contributed by atoms with Crippen molar-refractivity contribution in [2.45, 2.75) is 10.6 Å². The van der Waals surface area contributed by atoms with Gasteiger partial charge in [0.05, 0.1) is 44.0 Å². The van der Waals surface area contributed by atoms with Crippen molar-refractivity contribution in [1.82, 2.24) is 0 Å². The van der Waals surface area contributed by atoms with Crippen molar-refractivity contribution < 1.29 is 37.4 Å². The average Bonchev–Trinajstić information content (AvgIpc) is 2.88. The van der Waals surface area contributed by atoms with Crippen LogP contribution >= 0.6 is 0 Å². The molecule has 0 aliphatic rings. The molecule has 11 heteroatoms. The molecular weight excluding hydrogens is 490 g/mol. The molecule has 0 aromatic heterocycles. The summed E-state index contributed by atoms with van der Waals surface area (Å²) in [4.78, 5) is 10.2. The highest BCUT2D eigenvalue weighted by Crippen LogP contribution is 2.39. The van der Waals surface area contributed by atoms with Crippen LogP contribution in [0.1, 0.15) is 16.7 Å². The summed E-state index contributed by atoms with van der Waals surface area (Å²) >= 11 is 0. The quantitative estimate of drug-likeness (QED) is 0.236. The van der Waals surface area contributed by atoms with E-state index in [-0.39, 0.29) is 27.6 Å². The molecule has 0 saturated heterocycles. The van der Waals surface area contributed by atoms with Crippen LogP contribution in [0.5, 0.6) is 28.7 Å². The standard InChI is InChI=1S/C25H25NO9S/c1-32-21-11-10-17(9-8-16-12-22(33-2)25(35-4)23(13-16)34-3)20(24(21)27)15-36(30,31)19-7-5-6-18(14-19)26(28)29/h5-14,27H,15H2,1-4H3/b9-8-. The Balaban J connectivity index is 2.07. The number of hydrogen-bond donors (Lipinski definition) is 1. The van der Waals surface area contributed by atoms with E-state index in [9.17, 15) is 23.6 Å². The minimum Gasteiger partial charge on any atom is -0.504 e. The van der Waals surface area contributed by atoms with E-state index < -0.39 is 20.5 Å². The van der Waals surface area contributed by atoms with Crippen LogP contribution in [0.3, 0.4) is 0 Å². The van der Waals surface area contributed by atoms with Crippen molar-refractivity contribution in [2.24, 2.45) is 0 Å². The number of phenolic OH excluding ortho intramolecular Hbond substituents is 1. The highest BCUT2D eigenvalue weighted by molar-refractivity contribution is 7.90. The van der Waals surface area contributed by atoms with Gasteiger partial charge in [-0.15, -0.1) is 0 Å². The lowest BCUT2D eigenvalue weighted by Crippen LogP contribution is -2.07. The molecule has 0 atom stereocenters. The van der Waals surface area contributed by atoms with Gasteiger partial charge in [-0.3, -0.25) is 10.1 Å². The van der Waals surface area contributed by atoms with Gasteiger partial charge in [-0.1, -0.05) is 24.3 Å². The molecule has 0 radical (unpaired) electrons. The number of nitrogens with zero attached hydrogens (tertiary/aromatic N) is 1. The maximum Gasteiger partial charge on any atom is 0.270 e. The van der Waals surface area contributed by atoms with Crippen molar-refractivity contribution in [3.63, 3.8) is 0 Å². The fraction of sp³-hybridized carbons (Fsp3) is 0.200. The van der Waals surface area contributed by atoms with Crippen molar-refractivity contribution in [3.05, 3.63) is 75.3 Å². The van der Waals surface area contributed by atoms with Crippen molar-refractivity contribution in [1.29, 1.82) is 0 Å². The van der Waals surface area contributed by atoms with Crippen LogP contribution < -0.4 is 18.9 Å². The number of hydrogen-bond acceptors (Lipinski definition) is 9. The molecule has 0 fully saturated rings. The van der Waals surface area contributed by atoms with Gasteiger partial charge in [-0.25, -0.2) is 8.42 Å². The Bertz CT molecular complexity index is 1390. The second-order valence-corrected chi connectivity index (χ2v) is 9.48. The maximum absolute atomic E-state index is 13.1. The van der Waals surface area contributed by atoms with Crippen LogP contribution in [-0.2, 0) is 15.6 Å². The Morgan fingerprint density at radius 1 is 0.889 bits per heavy atom. The van der Waals surface area contributed by atoms with Crippen LogP contribution in [0.2, 0.25) is 0 Å². The number of methoxy groups -OCH3 is 4. The van der Waals surface area contributed by atoms with Gasteiger partial charge in [0.2, 0.25) is 5.75 Å². The molecule has 0 aliphatic heterocycles. The number of rotatable bonds is 10. The number of non-ortho nitro benzene ring substituents is 1. The molecular formula is C25H25NO9S. The van der Waals surface area contributed by atoms with Crippen LogP contribution in [0.15, 0.2) is 53.4 Å². The van der Waals surface area contributed by atoms with Crippen LogP contribution in [-0.4, -0.2) is 46.9 Å². The average molecular weight is 516 g/mol. The van der Waals surface area contributed by atoms with E-state index in [1.165, 1.54) is 52.7 Å². The summed E-state index contributed by atoms with van der Waals surface area (Å²) in [6, 6.07) is 11.3. The smallest absolute Gasteiger partial charge is 0.270 e. The first-order valence-electron chi connectivity index (χ1n) is 10.5. The SMILES string of the molecule is COc1ccc(/C=C\c2cc(OC)c(OC)c(OC)c2)c(CS(=O)(=O)c2cccc([N+](=O)[O-])c2)c1O. The van der Waals surface area contributed by atoms with E-state index in [1.807, 2.05) is 0 Å². The van der Waals surface area contributed by atoms with Gasteiger partial charge >= 0.3 is 0 Å². The van der Waals surface area contributed by atoms with Crippen molar-refractivity contribution in [3.8, 4) is 28.7 Å².